The number of hydrogen-bond donors (Lipinski definition) is 1. The first kappa shape index (κ1) is 13.6. The highest BCUT2D eigenvalue weighted by Gasteiger charge is 2.10. The van der Waals surface area contributed by atoms with Gasteiger partial charge in [-0.15, -0.1) is 11.3 Å². The fourth-order valence-electron chi connectivity index (χ4n) is 1.95. The molecular formula is C12H23N3S. The second-order valence-corrected chi connectivity index (χ2v) is 5.51. The van der Waals surface area contributed by atoms with Crippen LogP contribution in [0.5, 0.6) is 0 Å². The Hall–Kier alpha value is -0.450. The van der Waals surface area contributed by atoms with Crippen LogP contribution in [0, 0.1) is 12.8 Å². The summed E-state index contributed by atoms with van der Waals surface area (Å²) in [6.07, 6.45) is 2.43. The molecule has 1 aromatic rings. The lowest BCUT2D eigenvalue weighted by Crippen LogP contribution is -2.29. The molecule has 0 bridgehead atoms. The van der Waals surface area contributed by atoms with Crippen molar-refractivity contribution in [3.8, 4) is 0 Å². The molecule has 1 unspecified atom stereocenters. The molecule has 0 aromatic carbocycles. The quantitative estimate of drug-likeness (QED) is 0.796. The van der Waals surface area contributed by atoms with Crippen molar-refractivity contribution in [3.05, 3.63) is 16.1 Å². The highest BCUT2D eigenvalue weighted by Crippen LogP contribution is 2.12. The maximum absolute atomic E-state index is 5.76. The third-order valence-electron chi connectivity index (χ3n) is 2.70. The van der Waals surface area contributed by atoms with Gasteiger partial charge in [-0.25, -0.2) is 4.98 Å². The molecule has 3 nitrogen and oxygen atoms in total. The van der Waals surface area contributed by atoms with Crippen molar-refractivity contribution in [2.45, 2.75) is 33.2 Å². The van der Waals surface area contributed by atoms with Crippen molar-refractivity contribution in [2.24, 2.45) is 11.7 Å². The van der Waals surface area contributed by atoms with E-state index in [1.54, 1.807) is 11.3 Å². The predicted octanol–water partition coefficient (Wildman–Crippen LogP) is 2.26. The van der Waals surface area contributed by atoms with Gasteiger partial charge in [0.25, 0.3) is 0 Å². The van der Waals surface area contributed by atoms with Crippen LogP contribution in [0.15, 0.2) is 5.38 Å². The first-order chi connectivity index (χ1) is 7.65. The summed E-state index contributed by atoms with van der Waals surface area (Å²) >= 11 is 1.72. The third kappa shape index (κ3) is 4.60. The zero-order valence-corrected chi connectivity index (χ0v) is 11.4. The molecule has 0 aliphatic heterocycles. The molecule has 4 heteroatoms. The standard InChI is InChI=1S/C12H23N3S/c1-4-5-11(6-13)7-15(3)8-12-9-16-10(2)14-12/h9,11H,4-8,13H2,1-3H3. The van der Waals surface area contributed by atoms with Gasteiger partial charge in [0.15, 0.2) is 0 Å². The van der Waals surface area contributed by atoms with Gasteiger partial charge in [0, 0.05) is 18.5 Å². The SMILES string of the molecule is CCCC(CN)CN(C)Cc1csc(C)n1. The summed E-state index contributed by atoms with van der Waals surface area (Å²) in [5.74, 6) is 0.620. The van der Waals surface area contributed by atoms with Crippen LogP contribution in [0.3, 0.4) is 0 Å². The van der Waals surface area contributed by atoms with Crippen LogP contribution in [0.2, 0.25) is 0 Å². The van der Waals surface area contributed by atoms with E-state index >= 15 is 0 Å². The molecule has 0 spiro atoms. The van der Waals surface area contributed by atoms with E-state index in [0.717, 1.165) is 24.6 Å². The number of rotatable bonds is 7. The van der Waals surface area contributed by atoms with Gasteiger partial charge >= 0.3 is 0 Å². The van der Waals surface area contributed by atoms with Crippen molar-refractivity contribution in [1.82, 2.24) is 9.88 Å². The van der Waals surface area contributed by atoms with Gasteiger partial charge in [0.1, 0.15) is 0 Å². The van der Waals surface area contributed by atoms with Gasteiger partial charge in [-0.1, -0.05) is 13.3 Å². The summed E-state index contributed by atoms with van der Waals surface area (Å²) in [7, 11) is 2.15. The van der Waals surface area contributed by atoms with Gasteiger partial charge < -0.3 is 10.6 Å². The molecule has 1 heterocycles. The van der Waals surface area contributed by atoms with Crippen molar-refractivity contribution in [1.29, 1.82) is 0 Å². The molecule has 2 N–H and O–H groups in total. The summed E-state index contributed by atoms with van der Waals surface area (Å²) < 4.78 is 0. The van der Waals surface area contributed by atoms with Crippen LogP contribution in [-0.4, -0.2) is 30.0 Å². The number of hydrogen-bond acceptors (Lipinski definition) is 4. The van der Waals surface area contributed by atoms with Crippen LogP contribution in [0.1, 0.15) is 30.5 Å². The van der Waals surface area contributed by atoms with Crippen molar-refractivity contribution >= 4 is 11.3 Å². The Kier molecular flexibility index (Phi) is 5.95. The maximum atomic E-state index is 5.76. The average Bonchev–Trinajstić information content (AvgIpc) is 2.63. The molecule has 92 valence electrons. The highest BCUT2D eigenvalue weighted by atomic mass is 32.1. The van der Waals surface area contributed by atoms with E-state index in [-0.39, 0.29) is 0 Å². The smallest absolute Gasteiger partial charge is 0.0897 e. The third-order valence-corrected chi connectivity index (χ3v) is 3.52. The van der Waals surface area contributed by atoms with Crippen LogP contribution in [-0.2, 0) is 6.54 Å². The minimum atomic E-state index is 0.620. The van der Waals surface area contributed by atoms with Gasteiger partial charge in [-0.2, -0.15) is 0 Å². The molecule has 1 rings (SSSR count). The normalized spacial score (nSPS) is 13.3. The van der Waals surface area contributed by atoms with Crippen molar-refractivity contribution in [2.75, 3.05) is 20.1 Å². The molecule has 0 saturated heterocycles. The fraction of sp³-hybridized carbons (Fsp3) is 0.750. The van der Waals surface area contributed by atoms with Crippen molar-refractivity contribution in [3.63, 3.8) is 0 Å². The summed E-state index contributed by atoms with van der Waals surface area (Å²) in [6.45, 7) is 7.06. The van der Waals surface area contributed by atoms with E-state index in [9.17, 15) is 0 Å². The van der Waals surface area contributed by atoms with Gasteiger partial charge in [0.2, 0.25) is 0 Å². The van der Waals surface area contributed by atoms with Gasteiger partial charge in [0.05, 0.1) is 10.7 Å². The highest BCUT2D eigenvalue weighted by molar-refractivity contribution is 7.09. The fourth-order valence-corrected chi connectivity index (χ4v) is 2.56. The Morgan fingerprint density at radius 1 is 1.56 bits per heavy atom. The summed E-state index contributed by atoms with van der Waals surface area (Å²) in [5, 5.41) is 3.29. The molecule has 0 fully saturated rings. The van der Waals surface area contributed by atoms with Crippen molar-refractivity contribution < 1.29 is 0 Å². The van der Waals surface area contributed by atoms with E-state index in [0.29, 0.717) is 5.92 Å². The maximum Gasteiger partial charge on any atom is 0.0897 e. The zero-order valence-electron chi connectivity index (χ0n) is 10.6. The predicted molar refractivity (Wildman–Crippen MR) is 70.6 cm³/mol. The first-order valence-corrected chi connectivity index (χ1v) is 6.83. The Morgan fingerprint density at radius 2 is 2.31 bits per heavy atom. The molecule has 0 aliphatic carbocycles. The number of aromatic nitrogens is 1. The lowest BCUT2D eigenvalue weighted by molar-refractivity contribution is 0.260. The van der Waals surface area contributed by atoms with Crippen LogP contribution >= 0.6 is 11.3 Å². The number of nitrogens with two attached hydrogens (primary N) is 1. The molecule has 0 radical (unpaired) electrons. The largest absolute Gasteiger partial charge is 0.330 e. The Balaban J connectivity index is 2.37. The number of nitrogens with zero attached hydrogens (tertiary/aromatic N) is 2. The van der Waals surface area contributed by atoms with Crippen LogP contribution in [0.4, 0.5) is 0 Å². The average molecular weight is 241 g/mol. The summed E-state index contributed by atoms with van der Waals surface area (Å²) in [6, 6.07) is 0. The lowest BCUT2D eigenvalue weighted by Gasteiger charge is -2.21. The Labute approximate surface area is 103 Å². The van der Waals surface area contributed by atoms with E-state index in [1.807, 2.05) is 6.92 Å². The molecule has 1 atom stereocenters. The Morgan fingerprint density at radius 3 is 2.81 bits per heavy atom. The molecule has 0 saturated carbocycles. The second-order valence-electron chi connectivity index (χ2n) is 4.45. The molecule has 0 amide bonds. The van der Waals surface area contributed by atoms with E-state index in [4.69, 9.17) is 5.73 Å². The summed E-state index contributed by atoms with van der Waals surface area (Å²) in [5.41, 5.74) is 6.94. The minimum Gasteiger partial charge on any atom is -0.330 e. The minimum absolute atomic E-state index is 0.620. The molecular weight excluding hydrogens is 218 g/mol. The lowest BCUT2D eigenvalue weighted by atomic mass is 10.0. The first-order valence-electron chi connectivity index (χ1n) is 5.95. The van der Waals surface area contributed by atoms with Crippen LogP contribution in [0.25, 0.3) is 0 Å². The van der Waals surface area contributed by atoms with Crippen LogP contribution < -0.4 is 5.73 Å². The van der Waals surface area contributed by atoms with E-state index in [1.165, 1.54) is 18.5 Å². The Bertz CT molecular complexity index is 298. The number of aryl methyl sites for hydroxylation is 1. The van der Waals surface area contributed by atoms with Gasteiger partial charge in [-0.3, -0.25) is 0 Å². The van der Waals surface area contributed by atoms with Gasteiger partial charge in [-0.05, 0) is 32.9 Å². The number of thiazole rings is 1. The molecule has 1 aromatic heterocycles. The zero-order chi connectivity index (χ0) is 12.0. The second kappa shape index (κ2) is 6.99. The van der Waals surface area contributed by atoms with E-state index in [2.05, 4.69) is 29.2 Å². The molecule has 16 heavy (non-hydrogen) atoms. The van der Waals surface area contributed by atoms with E-state index < -0.39 is 0 Å². The monoisotopic (exact) mass is 241 g/mol. The summed E-state index contributed by atoms with van der Waals surface area (Å²) in [4.78, 5) is 6.80. The topological polar surface area (TPSA) is 42.1 Å². The molecule has 0 aliphatic rings.